The molecule has 0 N–H and O–H groups in total. The molecule has 0 aliphatic rings. The molecule has 2 rings (SSSR count). The Balaban J connectivity index is 2.43. The molecule has 0 amide bonds. The van der Waals surface area contributed by atoms with Gasteiger partial charge in [-0.3, -0.25) is 4.98 Å². The predicted molar refractivity (Wildman–Crippen MR) is 52.3 cm³/mol. The van der Waals surface area contributed by atoms with Gasteiger partial charge in [0.1, 0.15) is 6.07 Å². The Morgan fingerprint density at radius 3 is 2.92 bits per heavy atom. The fourth-order valence-corrected chi connectivity index (χ4v) is 1.85. The summed E-state index contributed by atoms with van der Waals surface area (Å²) in [6.45, 7) is 0. The summed E-state index contributed by atoms with van der Waals surface area (Å²) in [6.07, 6.45) is 1.75. The van der Waals surface area contributed by atoms with E-state index in [0.717, 1.165) is 10.6 Å². The van der Waals surface area contributed by atoms with Crippen molar-refractivity contribution < 1.29 is 0 Å². The highest BCUT2D eigenvalue weighted by molar-refractivity contribution is 7.13. The molecule has 2 heterocycles. The predicted octanol–water partition coefficient (Wildman–Crippen LogP) is 2.68. The number of aromatic nitrogens is 1. The van der Waals surface area contributed by atoms with E-state index in [-0.39, 0.29) is 0 Å². The van der Waals surface area contributed by atoms with Crippen molar-refractivity contribution in [3.8, 4) is 16.6 Å². The second-order valence-corrected chi connectivity index (χ2v) is 3.44. The average Bonchev–Trinajstić information content (AvgIpc) is 2.67. The lowest BCUT2D eigenvalue weighted by Gasteiger charge is -1.92. The van der Waals surface area contributed by atoms with Gasteiger partial charge in [-0.1, -0.05) is 6.07 Å². The van der Waals surface area contributed by atoms with Gasteiger partial charge < -0.3 is 0 Å². The van der Waals surface area contributed by atoms with Crippen LogP contribution in [-0.2, 0) is 0 Å². The average molecular weight is 186 g/mol. The van der Waals surface area contributed by atoms with Gasteiger partial charge in [0.15, 0.2) is 0 Å². The second-order valence-electron chi connectivity index (χ2n) is 2.53. The molecule has 0 aromatic carbocycles. The molecule has 3 heteroatoms. The quantitative estimate of drug-likeness (QED) is 0.686. The molecule has 2 nitrogen and oxygen atoms in total. The number of hydrogen-bond donors (Lipinski definition) is 0. The van der Waals surface area contributed by atoms with Gasteiger partial charge in [-0.15, -0.1) is 11.3 Å². The first kappa shape index (κ1) is 7.96. The van der Waals surface area contributed by atoms with Gasteiger partial charge >= 0.3 is 0 Å². The zero-order valence-electron chi connectivity index (χ0n) is 6.77. The molecule has 0 saturated heterocycles. The van der Waals surface area contributed by atoms with Gasteiger partial charge in [0.05, 0.1) is 16.1 Å². The van der Waals surface area contributed by atoms with E-state index in [0.29, 0.717) is 5.56 Å². The van der Waals surface area contributed by atoms with E-state index in [4.69, 9.17) is 5.26 Å². The molecule has 0 saturated carbocycles. The molecule has 0 spiro atoms. The van der Waals surface area contributed by atoms with Gasteiger partial charge in [-0.25, -0.2) is 0 Å². The molecule has 0 unspecified atom stereocenters. The minimum Gasteiger partial charge on any atom is -0.255 e. The largest absolute Gasteiger partial charge is 0.255 e. The molecule has 0 aliphatic carbocycles. The lowest BCUT2D eigenvalue weighted by molar-refractivity contribution is 1.34. The van der Waals surface area contributed by atoms with Crippen LogP contribution in [0, 0.1) is 11.3 Å². The summed E-state index contributed by atoms with van der Waals surface area (Å²) in [7, 11) is 0. The summed E-state index contributed by atoms with van der Waals surface area (Å²) in [4.78, 5) is 5.24. The topological polar surface area (TPSA) is 36.7 Å². The Labute approximate surface area is 80.1 Å². The maximum atomic E-state index is 8.63. The first-order chi connectivity index (χ1) is 6.40. The fraction of sp³-hybridized carbons (Fsp3) is 0. The molecule has 13 heavy (non-hydrogen) atoms. The van der Waals surface area contributed by atoms with Gasteiger partial charge in [0.2, 0.25) is 0 Å². The maximum absolute atomic E-state index is 8.63. The molecule has 2 aromatic heterocycles. The Morgan fingerprint density at radius 1 is 1.38 bits per heavy atom. The molecule has 0 atom stereocenters. The van der Waals surface area contributed by atoms with Crippen LogP contribution in [0.1, 0.15) is 5.56 Å². The van der Waals surface area contributed by atoms with Crippen molar-refractivity contribution in [3.63, 3.8) is 0 Å². The molecule has 0 fully saturated rings. The Hall–Kier alpha value is -1.66. The van der Waals surface area contributed by atoms with E-state index >= 15 is 0 Å². The highest BCUT2D eigenvalue weighted by Crippen LogP contribution is 2.24. The zero-order chi connectivity index (χ0) is 9.10. The molecule has 2 aromatic rings. The van der Waals surface area contributed by atoms with Gasteiger partial charge in [0, 0.05) is 11.6 Å². The number of nitrogens with zero attached hydrogens (tertiary/aromatic N) is 2. The third-order valence-corrected chi connectivity index (χ3v) is 2.60. The summed E-state index contributed by atoms with van der Waals surface area (Å²) in [5.74, 6) is 0. The number of hydrogen-bond acceptors (Lipinski definition) is 3. The van der Waals surface area contributed by atoms with Gasteiger partial charge in [-0.05, 0) is 18.2 Å². The lowest BCUT2D eigenvalue weighted by atomic mass is 10.2. The molecular weight excluding hydrogens is 180 g/mol. The van der Waals surface area contributed by atoms with E-state index in [1.54, 1.807) is 17.5 Å². The van der Waals surface area contributed by atoms with Crippen molar-refractivity contribution >= 4 is 11.3 Å². The highest BCUT2D eigenvalue weighted by Gasteiger charge is 2.01. The van der Waals surface area contributed by atoms with Crippen LogP contribution >= 0.6 is 11.3 Å². The molecular formula is C10H6N2S. The Morgan fingerprint density at radius 2 is 2.31 bits per heavy atom. The van der Waals surface area contributed by atoms with Crippen molar-refractivity contribution in [1.82, 2.24) is 4.98 Å². The SMILES string of the molecule is N#Cc1csc(-c2ccccn2)c1. The third kappa shape index (κ3) is 1.58. The Bertz CT molecular complexity index is 439. The number of rotatable bonds is 1. The standard InChI is InChI=1S/C10H6N2S/c11-6-8-5-10(13-7-8)9-3-1-2-4-12-9/h1-5,7H. The fourth-order valence-electron chi connectivity index (χ4n) is 1.04. The van der Waals surface area contributed by atoms with Crippen molar-refractivity contribution in [3.05, 3.63) is 41.4 Å². The van der Waals surface area contributed by atoms with Crippen molar-refractivity contribution in [1.29, 1.82) is 5.26 Å². The minimum atomic E-state index is 0.700. The van der Waals surface area contributed by atoms with Gasteiger partial charge in [0.25, 0.3) is 0 Å². The van der Waals surface area contributed by atoms with Crippen LogP contribution in [0.25, 0.3) is 10.6 Å². The van der Waals surface area contributed by atoms with Crippen LogP contribution in [0.4, 0.5) is 0 Å². The summed E-state index contributed by atoms with van der Waals surface area (Å²) >= 11 is 1.54. The smallest absolute Gasteiger partial charge is 0.100 e. The Kier molecular flexibility index (Phi) is 2.07. The van der Waals surface area contributed by atoms with Crippen molar-refractivity contribution in [2.75, 3.05) is 0 Å². The summed E-state index contributed by atoms with van der Waals surface area (Å²) in [6, 6.07) is 9.71. The van der Waals surface area contributed by atoms with Crippen molar-refractivity contribution in [2.45, 2.75) is 0 Å². The first-order valence-electron chi connectivity index (χ1n) is 3.80. The van der Waals surface area contributed by atoms with Crippen LogP contribution in [-0.4, -0.2) is 4.98 Å². The van der Waals surface area contributed by atoms with E-state index in [1.807, 2.05) is 29.6 Å². The zero-order valence-corrected chi connectivity index (χ0v) is 7.58. The first-order valence-corrected chi connectivity index (χ1v) is 4.68. The van der Waals surface area contributed by atoms with Crippen LogP contribution in [0.5, 0.6) is 0 Å². The van der Waals surface area contributed by atoms with Crippen LogP contribution in [0.2, 0.25) is 0 Å². The summed E-state index contributed by atoms with van der Waals surface area (Å²) < 4.78 is 0. The van der Waals surface area contributed by atoms with E-state index < -0.39 is 0 Å². The normalized spacial score (nSPS) is 9.46. The van der Waals surface area contributed by atoms with Crippen LogP contribution < -0.4 is 0 Å². The summed E-state index contributed by atoms with van der Waals surface area (Å²) in [5.41, 5.74) is 1.62. The van der Waals surface area contributed by atoms with E-state index in [1.165, 1.54) is 0 Å². The number of nitriles is 1. The number of pyridine rings is 1. The summed E-state index contributed by atoms with van der Waals surface area (Å²) in [5, 5.41) is 10.5. The maximum Gasteiger partial charge on any atom is 0.100 e. The monoisotopic (exact) mass is 186 g/mol. The van der Waals surface area contributed by atoms with E-state index in [2.05, 4.69) is 11.1 Å². The third-order valence-electron chi connectivity index (χ3n) is 1.65. The molecule has 0 aliphatic heterocycles. The van der Waals surface area contributed by atoms with Crippen LogP contribution in [0.15, 0.2) is 35.8 Å². The highest BCUT2D eigenvalue weighted by atomic mass is 32.1. The number of thiophene rings is 1. The van der Waals surface area contributed by atoms with Gasteiger partial charge in [-0.2, -0.15) is 5.26 Å². The molecule has 62 valence electrons. The second kappa shape index (κ2) is 3.38. The van der Waals surface area contributed by atoms with Crippen LogP contribution in [0.3, 0.4) is 0 Å². The lowest BCUT2D eigenvalue weighted by Crippen LogP contribution is -1.75. The van der Waals surface area contributed by atoms with Crippen molar-refractivity contribution in [2.24, 2.45) is 0 Å². The van der Waals surface area contributed by atoms with E-state index in [9.17, 15) is 0 Å². The minimum absolute atomic E-state index is 0.700. The molecule has 0 radical (unpaired) electrons. The molecule has 0 bridgehead atoms.